The Balaban J connectivity index is 1.41. The molecule has 3 heterocycles. The summed E-state index contributed by atoms with van der Waals surface area (Å²) in [4.78, 5) is 25.7. The molecule has 4 rings (SSSR count). The first-order valence-electron chi connectivity index (χ1n) is 9.78. The average molecular weight is 402 g/mol. The van der Waals surface area contributed by atoms with Gasteiger partial charge in [-0.25, -0.2) is 4.79 Å². The fourth-order valence-corrected chi connectivity index (χ4v) is 3.85. The van der Waals surface area contributed by atoms with Crippen LogP contribution >= 0.6 is 0 Å². The third kappa shape index (κ3) is 3.98. The molecule has 29 heavy (non-hydrogen) atoms. The van der Waals surface area contributed by atoms with E-state index in [0.717, 1.165) is 12.8 Å². The molecule has 1 saturated heterocycles. The lowest BCUT2D eigenvalue weighted by atomic mass is 10.0. The maximum atomic E-state index is 12.6. The molecule has 1 aliphatic carbocycles. The van der Waals surface area contributed by atoms with Crippen molar-refractivity contribution in [1.82, 2.24) is 24.9 Å². The van der Waals surface area contributed by atoms with E-state index in [0.29, 0.717) is 36.3 Å². The molecule has 10 heteroatoms. The van der Waals surface area contributed by atoms with Crippen LogP contribution in [0.3, 0.4) is 0 Å². The molecule has 0 aromatic carbocycles. The molecule has 0 bridgehead atoms. The largest absolute Gasteiger partial charge is 0.465 e. The summed E-state index contributed by atoms with van der Waals surface area (Å²) >= 11 is 0. The third-order valence-electron chi connectivity index (χ3n) is 5.25. The molecular formula is C19H26N6O4. The van der Waals surface area contributed by atoms with E-state index in [-0.39, 0.29) is 18.1 Å². The van der Waals surface area contributed by atoms with Crippen LogP contribution in [0.25, 0.3) is 0 Å². The van der Waals surface area contributed by atoms with Crippen molar-refractivity contribution in [2.75, 3.05) is 11.9 Å². The van der Waals surface area contributed by atoms with Crippen LogP contribution in [0.2, 0.25) is 0 Å². The van der Waals surface area contributed by atoms with Crippen LogP contribution in [0.4, 0.5) is 10.6 Å². The van der Waals surface area contributed by atoms with Crippen molar-refractivity contribution in [3.63, 3.8) is 0 Å². The number of H-pyrrole nitrogens is 1. The molecular weight excluding hydrogens is 376 g/mol. The minimum atomic E-state index is -0.961. The van der Waals surface area contributed by atoms with Gasteiger partial charge in [-0.1, -0.05) is 0 Å². The summed E-state index contributed by atoms with van der Waals surface area (Å²) in [5, 5.41) is 23.6. The number of carbonyl (C=O) groups excluding carboxylic acids is 1. The summed E-state index contributed by atoms with van der Waals surface area (Å²) < 4.78 is 7.57. The van der Waals surface area contributed by atoms with Gasteiger partial charge in [0.2, 0.25) is 0 Å². The van der Waals surface area contributed by atoms with Gasteiger partial charge in [-0.05, 0) is 39.7 Å². The van der Waals surface area contributed by atoms with Gasteiger partial charge in [0.15, 0.2) is 5.82 Å². The van der Waals surface area contributed by atoms with Crippen molar-refractivity contribution in [1.29, 1.82) is 0 Å². The smallest absolute Gasteiger partial charge is 0.408 e. The van der Waals surface area contributed by atoms with E-state index in [1.54, 1.807) is 23.0 Å². The molecule has 2 fully saturated rings. The Kier molecular flexibility index (Phi) is 4.81. The number of hydrogen-bond donors (Lipinski definition) is 3. The fourth-order valence-electron chi connectivity index (χ4n) is 3.85. The molecule has 2 aliphatic rings. The van der Waals surface area contributed by atoms with E-state index in [1.165, 1.54) is 4.90 Å². The lowest BCUT2D eigenvalue weighted by molar-refractivity contribution is 0.0571. The molecule has 0 radical (unpaired) electrons. The highest BCUT2D eigenvalue weighted by Crippen LogP contribution is 2.36. The number of nitrogens with zero attached hydrogens (tertiary/aromatic N) is 4. The molecule has 0 spiro atoms. The number of carboxylic acid groups (broad SMARTS) is 1. The van der Waals surface area contributed by atoms with Gasteiger partial charge >= 0.3 is 6.09 Å². The van der Waals surface area contributed by atoms with Crippen LogP contribution < -0.4 is 5.32 Å². The predicted octanol–water partition coefficient (Wildman–Crippen LogP) is 2.80. The molecule has 3 N–H and O–H groups in total. The Hall–Kier alpha value is -2.88. The van der Waals surface area contributed by atoms with E-state index >= 15 is 0 Å². The van der Waals surface area contributed by atoms with Crippen molar-refractivity contribution in [2.45, 2.75) is 63.8 Å². The van der Waals surface area contributed by atoms with Gasteiger partial charge in [-0.15, -0.1) is 0 Å². The topological polar surface area (TPSA) is 125 Å². The number of aromatic amines is 1. The van der Waals surface area contributed by atoms with E-state index in [9.17, 15) is 14.7 Å². The van der Waals surface area contributed by atoms with Crippen LogP contribution in [0.1, 0.15) is 68.4 Å². The van der Waals surface area contributed by atoms with Gasteiger partial charge in [-0.2, -0.15) is 10.2 Å². The number of amides is 2. The summed E-state index contributed by atoms with van der Waals surface area (Å²) in [5.74, 6) is 0.133. The zero-order valence-corrected chi connectivity index (χ0v) is 16.8. The van der Waals surface area contributed by atoms with Gasteiger partial charge in [-0.3, -0.25) is 19.5 Å². The number of anilines is 1. The number of hydrogen-bond acceptors (Lipinski definition) is 5. The monoisotopic (exact) mass is 402 g/mol. The summed E-state index contributed by atoms with van der Waals surface area (Å²) in [6.07, 6.45) is 2.95. The van der Waals surface area contributed by atoms with Crippen molar-refractivity contribution < 1.29 is 19.4 Å². The second kappa shape index (κ2) is 7.18. The van der Waals surface area contributed by atoms with Crippen molar-refractivity contribution >= 4 is 17.8 Å². The zero-order chi connectivity index (χ0) is 20.8. The standard InChI is InChI=1S/C19H26N6O4/c1-19(2,3)24(18(27)28)12-8-15(29-10-12)13-9-16(23-22-13)21-17(26)14-6-7-20-25(14)11-4-5-11/h6-7,9,11-12,15H,4-5,8,10H2,1-3H3,(H,27,28)(H2,21,22,23,26)/t12-,15-/m0/s1. The lowest BCUT2D eigenvalue weighted by Crippen LogP contribution is -2.51. The number of aromatic nitrogens is 4. The van der Waals surface area contributed by atoms with E-state index in [1.807, 2.05) is 20.8 Å². The number of rotatable bonds is 5. The second-order valence-electron chi connectivity index (χ2n) is 8.59. The van der Waals surface area contributed by atoms with Crippen molar-refractivity contribution in [2.24, 2.45) is 0 Å². The average Bonchev–Trinajstić information content (AvgIpc) is 3.03. The highest BCUT2D eigenvalue weighted by molar-refractivity contribution is 6.02. The normalized spacial score (nSPS) is 21.9. The van der Waals surface area contributed by atoms with Gasteiger partial charge in [0, 0.05) is 24.2 Å². The molecule has 2 aromatic heterocycles. The van der Waals surface area contributed by atoms with Crippen LogP contribution in [0.5, 0.6) is 0 Å². The molecule has 10 nitrogen and oxygen atoms in total. The van der Waals surface area contributed by atoms with Crippen LogP contribution in [0, 0.1) is 0 Å². The predicted molar refractivity (Wildman–Crippen MR) is 104 cm³/mol. The lowest BCUT2D eigenvalue weighted by Gasteiger charge is -2.37. The maximum Gasteiger partial charge on any atom is 0.408 e. The summed E-state index contributed by atoms with van der Waals surface area (Å²) in [6.45, 7) is 5.91. The maximum absolute atomic E-state index is 12.6. The Morgan fingerprint density at radius 1 is 1.38 bits per heavy atom. The Labute approximate surface area is 168 Å². The first-order chi connectivity index (χ1) is 13.7. The summed E-state index contributed by atoms with van der Waals surface area (Å²) in [7, 11) is 0. The molecule has 0 unspecified atom stereocenters. The first-order valence-corrected chi connectivity index (χ1v) is 9.78. The van der Waals surface area contributed by atoms with E-state index in [2.05, 4.69) is 20.6 Å². The number of carbonyl (C=O) groups is 2. The summed E-state index contributed by atoms with van der Waals surface area (Å²) in [5.41, 5.74) is 0.695. The van der Waals surface area contributed by atoms with Gasteiger partial charge in [0.1, 0.15) is 11.8 Å². The van der Waals surface area contributed by atoms with E-state index in [4.69, 9.17) is 4.74 Å². The number of nitrogens with one attached hydrogen (secondary N) is 2. The van der Waals surface area contributed by atoms with E-state index < -0.39 is 11.6 Å². The highest BCUT2D eigenvalue weighted by atomic mass is 16.5. The quantitative estimate of drug-likeness (QED) is 0.706. The zero-order valence-electron chi connectivity index (χ0n) is 16.8. The van der Waals surface area contributed by atoms with Gasteiger partial charge in [0.05, 0.1) is 24.4 Å². The molecule has 1 aliphatic heterocycles. The highest BCUT2D eigenvalue weighted by Gasteiger charge is 2.39. The van der Waals surface area contributed by atoms with Crippen molar-refractivity contribution in [3.05, 3.63) is 29.7 Å². The SMILES string of the molecule is CC(C)(C)N(C(=O)O)[C@@H]1CO[C@H](c2cc(NC(=O)c3ccnn3C3CC3)n[nH]2)C1. The first kappa shape index (κ1) is 19.4. The molecule has 1 saturated carbocycles. The molecule has 2 atom stereocenters. The van der Waals surface area contributed by atoms with Crippen molar-refractivity contribution in [3.8, 4) is 0 Å². The van der Waals surface area contributed by atoms with Gasteiger partial charge < -0.3 is 15.2 Å². The Bertz CT molecular complexity index is 910. The fraction of sp³-hybridized carbons (Fsp3) is 0.579. The third-order valence-corrected chi connectivity index (χ3v) is 5.25. The Morgan fingerprint density at radius 2 is 2.14 bits per heavy atom. The molecule has 156 valence electrons. The second-order valence-corrected chi connectivity index (χ2v) is 8.59. The van der Waals surface area contributed by atoms with Crippen LogP contribution in [0.15, 0.2) is 18.3 Å². The molecule has 2 aromatic rings. The van der Waals surface area contributed by atoms with Crippen LogP contribution in [-0.2, 0) is 4.74 Å². The minimum Gasteiger partial charge on any atom is -0.465 e. The molecule has 2 amide bonds. The number of ether oxygens (including phenoxy) is 1. The Morgan fingerprint density at radius 3 is 2.79 bits per heavy atom. The summed E-state index contributed by atoms with van der Waals surface area (Å²) in [6, 6.07) is 3.49. The van der Waals surface area contributed by atoms with Crippen LogP contribution in [-0.4, -0.2) is 60.2 Å². The van der Waals surface area contributed by atoms with Gasteiger partial charge in [0.25, 0.3) is 5.91 Å². The minimum absolute atomic E-state index is 0.244.